The Bertz CT molecular complexity index is 5310. The Morgan fingerprint density at radius 3 is 1.84 bits per heavy atom. The van der Waals surface area contributed by atoms with E-state index < -0.39 is 115 Å². The number of carboxylic acid groups (broad SMARTS) is 1. The fourth-order valence-electron chi connectivity index (χ4n) is 16.4. The van der Waals surface area contributed by atoms with Crippen LogP contribution in [0.4, 0.5) is 14.9 Å². The minimum atomic E-state index is -2.13. The van der Waals surface area contributed by atoms with E-state index in [-0.39, 0.29) is 167 Å². The van der Waals surface area contributed by atoms with E-state index in [1.807, 2.05) is 67.1 Å². The number of amides is 6. The summed E-state index contributed by atoms with van der Waals surface area (Å²) >= 11 is 0. The van der Waals surface area contributed by atoms with Gasteiger partial charge in [0.05, 0.1) is 205 Å². The third kappa shape index (κ3) is 28.2. The number of esters is 1. The molecule has 0 radical (unpaired) electrons. The van der Waals surface area contributed by atoms with Crippen LogP contribution in [0.15, 0.2) is 83.7 Å². The Kier molecular flexibility index (Phi) is 40.3. The predicted molar refractivity (Wildman–Crippen MR) is 486 cm³/mol. The number of benzene rings is 4. The molecule has 1 aliphatic carbocycles. The second kappa shape index (κ2) is 52.7. The van der Waals surface area contributed by atoms with Crippen molar-refractivity contribution in [2.24, 2.45) is 0 Å². The van der Waals surface area contributed by atoms with E-state index in [1.54, 1.807) is 25.9 Å². The standard InChI is InChI=1S/C95H124FN11O30/c1-6-95(121)68-50-74-82-66(55-106(74)90(116)67(68)57-134-93(95)119)81-70(21-20-63-59(4)69(96)51-71(101-82)80(63)81)102-94(120)135-56-60-19-22-75(136-92-87(114)85(112)86(113)88(137-92)91(117)118)62(49-60)52-98-76(108)23-25-97-89(115)72(100-78(110)17-11-12-18-79(111)105-54-61-13-7-8-14-64(61)84-83(103-104-107(84)58(2)3)65-15-9-10-16-73(65)105)53-99-77(109)24-26-123-29-30-125-33-34-127-37-38-129-41-42-131-45-46-133-48-47-132-44-43-130-40-39-128-36-35-126-32-31-124-28-27-122-5/h7-10,13-16,19,22,49-51,58,70,72,85-88,92,112-114,121H,6,11-12,17-18,20-21,23-48,52-57H2,1-5H3,(H,97,115)(H,98,108)(H,99,109)(H,100,110)(H,102,120)(H,117,118)/t70-,72-,85-,86-,87+,88-,92+,95-/m0/s1. The summed E-state index contributed by atoms with van der Waals surface area (Å²) in [5, 5.41) is 77.1. The number of cyclic esters (lactones) is 1. The molecule has 0 bridgehead atoms. The highest BCUT2D eigenvalue weighted by Crippen LogP contribution is 2.47. The molecule has 8 atom stereocenters. The number of anilines is 1. The zero-order chi connectivity index (χ0) is 97.3. The van der Waals surface area contributed by atoms with Gasteiger partial charge in [-0.2, -0.15) is 0 Å². The van der Waals surface area contributed by atoms with E-state index in [1.165, 1.54) is 34.9 Å². The number of carboxylic acids is 1. The molecule has 1 saturated heterocycles. The first kappa shape index (κ1) is 105. The van der Waals surface area contributed by atoms with Gasteiger partial charge in [0.2, 0.25) is 35.8 Å². The van der Waals surface area contributed by atoms with E-state index in [0.717, 1.165) is 22.4 Å². The van der Waals surface area contributed by atoms with E-state index in [2.05, 4.69) is 36.9 Å². The van der Waals surface area contributed by atoms with Crippen molar-refractivity contribution in [1.82, 2.24) is 51.1 Å². The Hall–Kier alpha value is -11.0. The van der Waals surface area contributed by atoms with Crippen LogP contribution in [-0.4, -0.2) is 307 Å². The van der Waals surface area contributed by atoms with Crippen LogP contribution in [0.5, 0.6) is 5.75 Å². The number of ether oxygens (including phenoxy) is 16. The largest absolute Gasteiger partial charge is 0.479 e. The second-order valence-corrected chi connectivity index (χ2v) is 33.3. The van der Waals surface area contributed by atoms with Crippen molar-refractivity contribution in [2.45, 2.75) is 173 Å². The molecule has 12 rings (SSSR count). The smallest absolute Gasteiger partial charge is 0.407 e. The molecule has 3 aromatic heterocycles. The number of unbranched alkanes of at least 4 members (excludes halogenated alkanes) is 1. The third-order valence-electron chi connectivity index (χ3n) is 23.7. The number of aryl methyl sites for hydroxylation is 1. The van der Waals surface area contributed by atoms with Gasteiger partial charge in [0.1, 0.15) is 54.8 Å². The first-order valence-electron chi connectivity index (χ1n) is 46.2. The molecule has 0 unspecified atom stereocenters. The van der Waals surface area contributed by atoms with E-state index in [9.17, 15) is 68.7 Å². The summed E-state index contributed by atoms with van der Waals surface area (Å²) in [6.45, 7) is 14.4. The van der Waals surface area contributed by atoms with Crippen LogP contribution < -0.4 is 41.8 Å². The van der Waals surface area contributed by atoms with Gasteiger partial charge < -0.3 is 137 Å². The average molecular weight is 1920 g/mol. The number of aromatic nitrogens is 5. The number of alkyl carbamates (subject to hydrolysis) is 1. The lowest BCUT2D eigenvalue weighted by molar-refractivity contribution is -0.271. The number of aliphatic hydroxyl groups excluding tert-OH is 3. The van der Waals surface area contributed by atoms with Crippen LogP contribution >= 0.6 is 0 Å². The number of carbonyl (C=O) groups is 8. The predicted octanol–water partition coefficient (Wildman–Crippen LogP) is 4.27. The van der Waals surface area contributed by atoms with Gasteiger partial charge in [0, 0.05) is 97.7 Å². The zero-order valence-electron chi connectivity index (χ0n) is 77.7. The summed E-state index contributed by atoms with van der Waals surface area (Å²) in [7, 11) is 1.62. The maximum Gasteiger partial charge on any atom is 0.407 e. The van der Waals surface area contributed by atoms with E-state index in [0.29, 0.717) is 171 Å². The van der Waals surface area contributed by atoms with Gasteiger partial charge in [-0.3, -0.25) is 28.8 Å². The number of hydrogen-bond acceptors (Lipinski definition) is 32. The minimum absolute atomic E-state index is 0.0112. The molecule has 0 saturated carbocycles. The maximum atomic E-state index is 15.8. The normalized spacial score (nSPS) is 18.1. The van der Waals surface area contributed by atoms with Gasteiger partial charge in [-0.1, -0.05) is 60.7 Å². The lowest BCUT2D eigenvalue weighted by Gasteiger charge is -2.38. The fraction of sp³-hybridized carbons (Fsp3) is 0.558. The van der Waals surface area contributed by atoms with Crippen LogP contribution in [-0.2, 0) is 149 Å². The molecule has 41 nitrogen and oxygen atoms in total. The molecule has 42 heteroatoms. The van der Waals surface area contributed by atoms with Crippen molar-refractivity contribution in [3.05, 3.63) is 145 Å². The number of fused-ring (bicyclic) bond motifs is 10. The van der Waals surface area contributed by atoms with Gasteiger partial charge >= 0.3 is 18.0 Å². The number of carbonyl (C=O) groups excluding carboxylic acids is 7. The van der Waals surface area contributed by atoms with Crippen molar-refractivity contribution < 1.29 is 144 Å². The number of para-hydroxylation sites is 1. The Labute approximate surface area is 790 Å². The lowest BCUT2D eigenvalue weighted by Crippen LogP contribution is -2.61. The summed E-state index contributed by atoms with van der Waals surface area (Å²) in [4.78, 5) is 130. The Morgan fingerprint density at radius 1 is 0.635 bits per heavy atom. The number of methoxy groups -OCH3 is 1. The monoisotopic (exact) mass is 1920 g/mol. The van der Waals surface area contributed by atoms with Crippen LogP contribution in [0, 0.1) is 12.7 Å². The van der Waals surface area contributed by atoms with Gasteiger partial charge in [-0.25, -0.2) is 28.4 Å². The highest BCUT2D eigenvalue weighted by atomic mass is 19.1. The summed E-state index contributed by atoms with van der Waals surface area (Å²) in [6.07, 6.45) is -10.7. The van der Waals surface area contributed by atoms with E-state index in [4.69, 9.17) is 80.8 Å². The van der Waals surface area contributed by atoms with Gasteiger partial charge in [-0.05, 0) is 105 Å². The van der Waals surface area contributed by atoms with Gasteiger partial charge in [-0.15, -0.1) is 5.10 Å². The molecule has 1 fully saturated rings. The molecule has 137 heavy (non-hydrogen) atoms. The molecule has 7 heterocycles. The number of nitrogens with zero attached hydrogens (tertiary/aromatic N) is 6. The van der Waals surface area contributed by atoms with Gasteiger partial charge in [0.15, 0.2) is 11.7 Å². The van der Waals surface area contributed by atoms with Crippen molar-refractivity contribution in [3.63, 3.8) is 0 Å². The molecular formula is C95H124FN11O30. The summed E-state index contributed by atoms with van der Waals surface area (Å²) < 4.78 is 107. The average Bonchev–Trinajstić information content (AvgIpc) is 1.55. The molecule has 10 N–H and O–H groups in total. The zero-order valence-corrected chi connectivity index (χ0v) is 77.7. The highest BCUT2D eigenvalue weighted by molar-refractivity contribution is 6.00. The topological polar surface area (TPSA) is 514 Å². The Morgan fingerprint density at radius 2 is 1.23 bits per heavy atom. The van der Waals surface area contributed by atoms with Crippen LogP contribution in [0.2, 0.25) is 0 Å². The van der Waals surface area contributed by atoms with Crippen molar-refractivity contribution in [3.8, 4) is 39.7 Å². The number of pyridine rings is 2. The molecule has 5 aliphatic rings. The number of hydrogen-bond donors (Lipinski definition) is 10. The van der Waals surface area contributed by atoms with Crippen molar-refractivity contribution >= 4 is 64.2 Å². The third-order valence-corrected chi connectivity index (χ3v) is 23.7. The summed E-state index contributed by atoms with van der Waals surface area (Å²) in [5.41, 5.74) is 5.42. The number of rotatable bonds is 58. The van der Waals surface area contributed by atoms with Crippen molar-refractivity contribution in [2.75, 3.05) is 177 Å². The molecule has 746 valence electrons. The van der Waals surface area contributed by atoms with Crippen LogP contribution in [0.1, 0.15) is 134 Å². The van der Waals surface area contributed by atoms with Crippen molar-refractivity contribution in [1.29, 1.82) is 0 Å². The lowest BCUT2D eigenvalue weighted by atomic mass is 9.81. The number of halogens is 1. The maximum absolute atomic E-state index is 15.8. The van der Waals surface area contributed by atoms with E-state index >= 15 is 4.39 Å². The minimum Gasteiger partial charge on any atom is -0.479 e. The highest BCUT2D eigenvalue weighted by Gasteiger charge is 2.49. The molecule has 7 aromatic rings. The molecular weight excluding hydrogens is 1790 g/mol. The Balaban J connectivity index is 0.605. The molecule has 4 aromatic carbocycles. The molecule has 4 aliphatic heterocycles. The number of aliphatic carboxylic acids is 1. The first-order chi connectivity index (χ1) is 66.4. The number of aliphatic hydroxyl groups is 4. The van der Waals surface area contributed by atoms with Crippen LogP contribution in [0.25, 0.3) is 44.8 Å². The summed E-state index contributed by atoms with van der Waals surface area (Å²) in [5.74, 6) is -6.02. The summed E-state index contributed by atoms with van der Waals surface area (Å²) in [6, 6.07) is 20.1. The van der Waals surface area contributed by atoms with Crippen LogP contribution in [0.3, 0.4) is 0 Å². The SMILES string of the molecule is CC[C@@]1(O)C(=O)OCc2c1cc1n(c2=O)Cc2c-1nc1cc(F)c(C)c3c1c2[C@@H](NC(=O)OCc1ccc(O[C@@H]2O[C@H](C(=O)O)[C@@H](O)[C@H](O)[C@H]2O)c(CNC(=O)CCNC(=O)[C@H](CNC(=O)CCOCCOCCOCCOCCOCCOCCOCCOCCOCCOCCOCCOC)NC(=O)CCCCC(=O)N2Cc4ccccc4-c4c(nnn4C(C)C)-c4ccccc42)c1)CC3. The van der Waals surface area contributed by atoms with Gasteiger partial charge in [0.25, 0.3) is 5.56 Å². The molecule has 0 spiro atoms. The molecule has 6 amide bonds. The quantitative estimate of drug-likeness (QED) is 0.0188. The first-order valence-corrected chi connectivity index (χ1v) is 46.2. The number of nitrogens with one attached hydrogen (secondary N) is 5. The fourth-order valence-corrected chi connectivity index (χ4v) is 16.4. The second-order valence-electron chi connectivity index (χ2n) is 33.3.